The van der Waals surface area contributed by atoms with E-state index in [2.05, 4.69) is 0 Å². The number of alkyl halides is 5. The van der Waals surface area contributed by atoms with Crippen molar-refractivity contribution in [3.05, 3.63) is 0 Å². The molecule has 0 rings (SSSR count). The summed E-state index contributed by atoms with van der Waals surface area (Å²) in [6.07, 6.45) is 0. The Bertz CT molecular complexity index is 64.3. The van der Waals surface area contributed by atoms with E-state index < -0.39 is 0 Å². The van der Waals surface area contributed by atoms with E-state index in [4.69, 9.17) is 63.1 Å². The van der Waals surface area contributed by atoms with Gasteiger partial charge in [-0.05, 0) is 0 Å². The van der Waals surface area contributed by atoms with Gasteiger partial charge in [0.15, 0.2) is 0 Å². The molecule has 1 unspecified atom stereocenters. The third kappa shape index (κ3) is 14.0. The van der Waals surface area contributed by atoms with E-state index in [1.54, 1.807) is 0 Å². The van der Waals surface area contributed by atoms with E-state index in [-0.39, 0.29) is 17.4 Å². The molecule has 0 aromatic heterocycles. The van der Waals surface area contributed by atoms with Gasteiger partial charge in [0, 0.05) is 17.6 Å². The van der Waals surface area contributed by atoms with Crippen LogP contribution in [0.1, 0.15) is 0 Å². The van der Waals surface area contributed by atoms with Crippen LogP contribution >= 0.6 is 58.0 Å². The summed E-state index contributed by atoms with van der Waals surface area (Å²) in [5, 5.41) is 7.79. The maximum absolute atomic E-state index is 8.12. The summed E-state index contributed by atoms with van der Waals surface area (Å²) in [6.45, 7) is -0.0367. The number of aliphatic hydroxyl groups excluding tert-OH is 1. The summed E-state index contributed by atoms with van der Waals surface area (Å²) >= 11 is 26.3. The molecule has 1 atom stereocenters. The average Bonchev–Trinajstić information content (AvgIpc) is 2.16. The van der Waals surface area contributed by atoms with Crippen LogP contribution in [-0.4, -0.2) is 40.1 Å². The second-order valence-electron chi connectivity index (χ2n) is 1.84. The molecular weight excluding hydrogens is 265 g/mol. The first kappa shape index (κ1) is 15.9. The highest BCUT2D eigenvalue weighted by Crippen LogP contribution is 1.99. The van der Waals surface area contributed by atoms with Crippen LogP contribution in [0, 0.1) is 0 Å². The molecule has 0 amide bonds. The van der Waals surface area contributed by atoms with Crippen molar-refractivity contribution in [2.45, 2.75) is 10.8 Å². The molecule has 0 fully saturated rings. The summed E-state index contributed by atoms with van der Waals surface area (Å²) in [4.78, 5) is 0. The molecule has 1 N–H and O–H groups in total. The van der Waals surface area contributed by atoms with Crippen molar-refractivity contribution in [2.24, 2.45) is 0 Å². The van der Waals surface area contributed by atoms with Gasteiger partial charge in [-0.3, -0.25) is 0 Å². The summed E-state index contributed by atoms with van der Waals surface area (Å²) in [7, 11) is 0. The predicted molar refractivity (Wildman–Crippen MR) is 58.5 cm³/mol. The number of rotatable bonds is 4. The van der Waals surface area contributed by atoms with E-state index >= 15 is 0 Å². The van der Waals surface area contributed by atoms with Gasteiger partial charge in [-0.15, -0.1) is 58.0 Å². The van der Waals surface area contributed by atoms with Gasteiger partial charge in [0.05, 0.1) is 17.4 Å². The molecule has 12 heavy (non-hydrogen) atoms. The van der Waals surface area contributed by atoms with Gasteiger partial charge < -0.3 is 5.11 Å². The second kappa shape index (κ2) is 12.4. The van der Waals surface area contributed by atoms with Crippen LogP contribution in [0.15, 0.2) is 0 Å². The summed E-state index contributed by atoms with van der Waals surface area (Å²) in [6, 6.07) is 0. The molecule has 0 radical (unpaired) electrons. The van der Waals surface area contributed by atoms with Gasteiger partial charge >= 0.3 is 0 Å². The number of hydrogen-bond donors (Lipinski definition) is 1. The molecule has 76 valence electrons. The Morgan fingerprint density at radius 1 is 0.833 bits per heavy atom. The lowest BCUT2D eigenvalue weighted by molar-refractivity contribution is 0.299. The van der Waals surface area contributed by atoms with E-state index in [9.17, 15) is 0 Å². The molecule has 0 saturated heterocycles. The van der Waals surface area contributed by atoms with Crippen LogP contribution in [0.2, 0.25) is 0 Å². The zero-order chi connectivity index (χ0) is 9.98. The fraction of sp³-hybridized carbons (Fsp3) is 1.00. The van der Waals surface area contributed by atoms with Gasteiger partial charge in [0.25, 0.3) is 0 Å². The van der Waals surface area contributed by atoms with Crippen LogP contribution in [-0.2, 0) is 0 Å². The first-order valence-corrected chi connectivity index (χ1v) is 5.66. The number of halogens is 5. The van der Waals surface area contributed by atoms with Crippen molar-refractivity contribution in [3.8, 4) is 0 Å². The Balaban J connectivity index is 0. The van der Waals surface area contributed by atoms with Gasteiger partial charge in [-0.1, -0.05) is 0 Å². The second-order valence-corrected chi connectivity index (χ2v) is 4.00. The zero-order valence-corrected chi connectivity index (χ0v) is 10.1. The minimum absolute atomic E-state index is 0.0367. The number of aliphatic hydroxyl groups is 1. The molecule has 0 heterocycles. The average molecular weight is 276 g/mol. The molecule has 6 heteroatoms. The van der Waals surface area contributed by atoms with Gasteiger partial charge in [0.1, 0.15) is 0 Å². The normalized spacial score (nSPS) is 12.2. The Hall–Kier alpha value is 1.41. The summed E-state index contributed by atoms with van der Waals surface area (Å²) in [5.41, 5.74) is 0. The fourth-order valence-corrected chi connectivity index (χ4v) is 0.518. The first-order valence-electron chi connectivity index (χ1n) is 3.19. The summed E-state index contributed by atoms with van der Waals surface area (Å²) in [5.74, 6) is 1.19. The highest BCUT2D eigenvalue weighted by atomic mass is 35.5. The van der Waals surface area contributed by atoms with Crippen LogP contribution < -0.4 is 0 Å². The minimum Gasteiger partial charge on any atom is -0.395 e. The monoisotopic (exact) mass is 274 g/mol. The fourth-order valence-electron chi connectivity index (χ4n) is 0.0900. The largest absolute Gasteiger partial charge is 0.395 e. The molecule has 0 aliphatic rings. The Morgan fingerprint density at radius 2 is 1.17 bits per heavy atom. The lowest BCUT2D eigenvalue weighted by atomic mass is 10.5. The highest BCUT2D eigenvalue weighted by Gasteiger charge is 1.95. The minimum atomic E-state index is -0.272. The molecule has 0 aromatic carbocycles. The van der Waals surface area contributed by atoms with Gasteiger partial charge in [0.2, 0.25) is 0 Å². The zero-order valence-electron chi connectivity index (χ0n) is 6.32. The third-order valence-corrected chi connectivity index (χ3v) is 2.89. The first-order chi connectivity index (χ1) is 5.62. The van der Waals surface area contributed by atoms with E-state index in [0.717, 1.165) is 0 Å². The standard InChI is InChI=1S/C3H5Cl3.C3H6Cl2O/c4-1-3(6)2-5;4-1-3(5)2-6/h3H,1-2H2;3,6H,1-2H2. The third-order valence-electron chi connectivity index (χ3n) is 0.700. The van der Waals surface area contributed by atoms with Gasteiger partial charge in [-0.2, -0.15) is 0 Å². The van der Waals surface area contributed by atoms with Gasteiger partial charge in [-0.25, -0.2) is 0 Å². The quantitative estimate of drug-likeness (QED) is 0.783. The van der Waals surface area contributed by atoms with Crippen LogP contribution in [0.4, 0.5) is 0 Å². The van der Waals surface area contributed by atoms with Crippen molar-refractivity contribution in [1.82, 2.24) is 0 Å². The van der Waals surface area contributed by atoms with Crippen LogP contribution in [0.3, 0.4) is 0 Å². The molecule has 1 nitrogen and oxygen atoms in total. The number of hydrogen-bond acceptors (Lipinski definition) is 1. The Kier molecular flexibility index (Phi) is 16.4. The van der Waals surface area contributed by atoms with Crippen molar-refractivity contribution in [1.29, 1.82) is 0 Å². The molecule has 0 aliphatic carbocycles. The SMILES string of the molecule is ClCC(Cl)CCl.OCC(Cl)CCl. The molecule has 0 bridgehead atoms. The van der Waals surface area contributed by atoms with Crippen molar-refractivity contribution in [2.75, 3.05) is 24.2 Å². The Labute approximate surface area is 97.9 Å². The van der Waals surface area contributed by atoms with Crippen molar-refractivity contribution in [3.63, 3.8) is 0 Å². The maximum Gasteiger partial charge on any atom is 0.0702 e. The predicted octanol–water partition coefficient (Wildman–Crippen LogP) is 2.90. The highest BCUT2D eigenvalue weighted by molar-refractivity contribution is 6.32. The maximum atomic E-state index is 8.12. The topological polar surface area (TPSA) is 20.2 Å². The molecule has 0 aromatic rings. The smallest absolute Gasteiger partial charge is 0.0702 e. The van der Waals surface area contributed by atoms with E-state index in [1.165, 1.54) is 0 Å². The molecule has 0 spiro atoms. The molecule has 0 saturated carbocycles. The van der Waals surface area contributed by atoms with Crippen molar-refractivity contribution >= 4 is 58.0 Å². The van der Waals surface area contributed by atoms with E-state index in [0.29, 0.717) is 17.6 Å². The summed E-state index contributed by atoms with van der Waals surface area (Å²) < 4.78 is 0. The molecular formula is C6H11Cl5O. The van der Waals surface area contributed by atoms with Crippen molar-refractivity contribution < 1.29 is 5.11 Å². The molecule has 0 aliphatic heterocycles. The lowest BCUT2D eigenvalue weighted by Crippen LogP contribution is -2.04. The Morgan fingerprint density at radius 3 is 1.17 bits per heavy atom. The lowest BCUT2D eigenvalue weighted by Gasteiger charge is -1.93. The van der Waals surface area contributed by atoms with Crippen LogP contribution in [0.5, 0.6) is 0 Å². The van der Waals surface area contributed by atoms with Crippen LogP contribution in [0.25, 0.3) is 0 Å². The van der Waals surface area contributed by atoms with E-state index in [1.807, 2.05) is 0 Å².